The second-order valence-electron chi connectivity index (χ2n) is 18.0. The molecule has 8 atom stereocenters. The van der Waals surface area contributed by atoms with Gasteiger partial charge < -0.3 is 22.1 Å². The van der Waals surface area contributed by atoms with Crippen molar-refractivity contribution in [3.63, 3.8) is 0 Å². The van der Waals surface area contributed by atoms with Crippen molar-refractivity contribution in [2.75, 3.05) is 13.2 Å². The summed E-state index contributed by atoms with van der Waals surface area (Å²) >= 11 is 28.2. The van der Waals surface area contributed by atoms with Gasteiger partial charge in [0, 0.05) is 90.2 Å². The van der Waals surface area contributed by atoms with Gasteiger partial charge in [-0.25, -0.2) is 25.3 Å². The van der Waals surface area contributed by atoms with Gasteiger partial charge in [-0.3, -0.25) is 14.4 Å². The summed E-state index contributed by atoms with van der Waals surface area (Å²) in [5.41, 5.74) is 5.94. The van der Waals surface area contributed by atoms with Crippen molar-refractivity contribution in [3.8, 4) is 0 Å². The van der Waals surface area contributed by atoms with E-state index in [0.717, 1.165) is 51.7 Å². The molecule has 7 aliphatic heterocycles. The van der Waals surface area contributed by atoms with Crippen LogP contribution in [0.2, 0.25) is 15.1 Å². The third kappa shape index (κ3) is 15.4. The third-order valence-corrected chi connectivity index (χ3v) is 21.3. The molecule has 0 amide bonds. The first-order valence-corrected chi connectivity index (χ1v) is 34.0. The van der Waals surface area contributed by atoms with Crippen molar-refractivity contribution in [3.05, 3.63) is 87.9 Å². The molecule has 0 radical (unpaired) electrons. The molecule has 0 spiro atoms. The topological polar surface area (TPSA) is 265 Å². The van der Waals surface area contributed by atoms with E-state index < -0.39 is 47.0 Å². The first kappa shape index (κ1) is 63.6. The molecular weight excluding hydrogens is 1300 g/mol. The Morgan fingerprint density at radius 1 is 0.514 bits per heavy atom. The standard InChI is InChI=1S/C14H15BrClNO3S.C14H17ClN2O3S.C14H16ClNO3S.C4H8O.2BrH.Cu.H3N.H2O/c15-14-12-3-1-2-10(8-13(14)18)17(12)21(19,20)11-6-4-9(16)5-7-11;15-9-4-6-11(7-5-9)21(19,20)17-10-2-1-3-12(17)14(16)13(18)8-10;15-10-4-6-14(7-5-10)20(18,19)16-11-2-1-3-12(16)9-13(17)8-11;1-2-4-5-3-1;;;;;/h4-7,10,12,14H,1-3,8H2;4-7,10,12,14H,1-3,8,16H2;4-7,11-12H,1-3,8-9H2;1-4H2;2*1H;;1H3;1H2/q;;;;;;+2;;/p-2. The van der Waals surface area contributed by atoms with Gasteiger partial charge in [-0.2, -0.15) is 12.9 Å². The van der Waals surface area contributed by atoms with Crippen LogP contribution in [-0.2, 0) is 60.5 Å². The molecule has 72 heavy (non-hydrogen) atoms. The Hall–Kier alpha value is -0.931. The van der Waals surface area contributed by atoms with Gasteiger partial charge in [0.15, 0.2) is 5.78 Å². The van der Waals surface area contributed by atoms with Crippen LogP contribution in [0.4, 0.5) is 0 Å². The zero-order chi connectivity index (χ0) is 51.0. The van der Waals surface area contributed by atoms with E-state index in [2.05, 4.69) is 44.2 Å². The summed E-state index contributed by atoms with van der Waals surface area (Å²) in [6.07, 6.45) is 11.0. The molecule has 0 aliphatic carbocycles. The van der Waals surface area contributed by atoms with E-state index in [1.807, 2.05) is 0 Å². The second kappa shape index (κ2) is 28.6. The minimum absolute atomic E-state index is 0. The van der Waals surface area contributed by atoms with E-state index >= 15 is 0 Å². The van der Waals surface area contributed by atoms with Crippen molar-refractivity contribution in [2.45, 2.75) is 158 Å². The van der Waals surface area contributed by atoms with Crippen molar-refractivity contribution >= 4 is 126 Å². The summed E-state index contributed by atoms with van der Waals surface area (Å²) in [6, 6.07) is 16.3. The number of sulfonamides is 3. The maximum atomic E-state index is 12.9. The number of hydrogen-bond acceptors (Lipinski definition) is 12. The molecule has 7 N–H and O–H groups in total. The van der Waals surface area contributed by atoms with E-state index in [1.165, 1.54) is 64.9 Å². The van der Waals surface area contributed by atoms with Gasteiger partial charge in [-0.05, 0) is 124 Å². The number of rotatable bonds is 6. The van der Waals surface area contributed by atoms with Crippen LogP contribution in [0.15, 0.2) is 87.5 Å². The van der Waals surface area contributed by atoms with Crippen LogP contribution in [0.5, 0.6) is 0 Å². The Labute approximate surface area is 467 Å². The number of halogens is 6. The van der Waals surface area contributed by atoms with Gasteiger partial charge in [0.2, 0.25) is 30.1 Å². The first-order valence-electron chi connectivity index (χ1n) is 23.0. The molecule has 10 rings (SSSR count). The number of ketones is 3. The fourth-order valence-electron chi connectivity index (χ4n) is 10.3. The van der Waals surface area contributed by atoms with E-state index in [1.54, 1.807) is 45.0 Å². The quantitative estimate of drug-likeness (QED) is 0.173. The van der Waals surface area contributed by atoms with Crippen LogP contribution in [0.1, 0.15) is 96.3 Å². The SMILES string of the molecule is C1CCOC1.N.NC1C(=O)CC2CCCC1N2S(=O)(=O)c1ccc(Cl)cc1.O.O=C1CC2CCCC(C1)N2S(=O)(=O)c1ccc(Cl)cc1.O=C1CC2CCCC(C1Br)N2S(=O)(=O)c1ccc(Cl)cc1.[Br][Cu][Br]. The molecule has 3 aromatic rings. The fourth-order valence-corrected chi connectivity index (χ4v) is 17.2. The number of hydrogen-bond donors (Lipinski definition) is 2. The van der Waals surface area contributed by atoms with E-state index in [-0.39, 0.29) is 80.3 Å². The predicted molar refractivity (Wildman–Crippen MR) is 286 cm³/mol. The van der Waals surface area contributed by atoms with Crippen molar-refractivity contribution in [2.24, 2.45) is 5.73 Å². The monoisotopic (exact) mass is 1360 g/mol. The number of benzene rings is 3. The Balaban J connectivity index is 0.000000214. The summed E-state index contributed by atoms with van der Waals surface area (Å²) in [4.78, 5) is 35.8. The molecule has 7 fully saturated rings. The Kier molecular flexibility index (Phi) is 25.3. The first-order chi connectivity index (χ1) is 33.2. The number of nitrogens with zero attached hydrogens (tertiary/aromatic N) is 3. The van der Waals surface area contributed by atoms with Crippen molar-refractivity contribution in [1.29, 1.82) is 0 Å². The summed E-state index contributed by atoms with van der Waals surface area (Å²) in [5.74, 6) is 0.252. The van der Waals surface area contributed by atoms with Crippen LogP contribution in [0, 0.1) is 0 Å². The zero-order valence-corrected chi connectivity index (χ0v) is 49.5. The summed E-state index contributed by atoms with van der Waals surface area (Å²) in [7, 11) is -10.8. The van der Waals surface area contributed by atoms with Gasteiger partial charge in [-0.15, -0.1) is 0 Å². The van der Waals surface area contributed by atoms with E-state index in [0.29, 0.717) is 53.6 Å². The average Bonchev–Trinajstić information content (AvgIpc) is 3.92. The molecule has 407 valence electrons. The molecule has 0 saturated carbocycles. The van der Waals surface area contributed by atoms with E-state index in [4.69, 9.17) is 45.3 Å². The fraction of sp³-hybridized carbons (Fsp3) is 0.543. The molecular formula is C46H61Br3Cl3CuN5O11S3. The second-order valence-corrected chi connectivity index (χ2v) is 30.6. The molecule has 16 nitrogen and oxygen atoms in total. The van der Waals surface area contributed by atoms with Gasteiger partial charge in [0.05, 0.1) is 25.6 Å². The summed E-state index contributed by atoms with van der Waals surface area (Å²) in [5, 5.41) is 1.50. The molecule has 8 unspecified atom stereocenters. The van der Waals surface area contributed by atoms with Crippen LogP contribution in [0.3, 0.4) is 0 Å². The Morgan fingerprint density at radius 2 is 0.833 bits per heavy atom. The van der Waals surface area contributed by atoms with Gasteiger partial charge in [0.25, 0.3) is 0 Å². The van der Waals surface area contributed by atoms with Crippen molar-refractivity contribution < 1.29 is 61.2 Å². The van der Waals surface area contributed by atoms with Crippen LogP contribution < -0.4 is 11.9 Å². The summed E-state index contributed by atoms with van der Waals surface area (Å²) < 4.78 is 86.7. The van der Waals surface area contributed by atoms with Crippen LogP contribution in [-0.4, -0.2) is 121 Å². The number of alkyl halides is 1. The zero-order valence-electron chi connectivity index (χ0n) is 39.1. The van der Waals surface area contributed by atoms with Crippen molar-refractivity contribution in [1.82, 2.24) is 19.1 Å². The molecule has 7 saturated heterocycles. The number of piperidine rings is 6. The molecule has 7 aliphatic rings. The molecule has 6 bridgehead atoms. The van der Waals surface area contributed by atoms with Crippen LogP contribution >= 0.6 is 79.0 Å². The number of carbonyl (C=O) groups excluding carboxylic acids is 3. The number of ether oxygens (including phenoxy) is 1. The molecule has 26 heteroatoms. The minimum atomic E-state index is -3.65. The number of carbonyl (C=O) groups is 3. The van der Waals surface area contributed by atoms with Gasteiger partial charge >= 0.3 is 39.6 Å². The molecule has 7 heterocycles. The Morgan fingerprint density at radius 3 is 1.21 bits per heavy atom. The number of fused-ring (bicyclic) bond motifs is 6. The van der Waals surface area contributed by atoms with Gasteiger partial charge in [-0.1, -0.05) is 70.0 Å². The predicted octanol–water partition coefficient (Wildman–Crippen LogP) is 8.98. The number of Topliss-reactive ketones (excluding diaryl/α,β-unsaturated/α-hetero) is 3. The maximum absolute atomic E-state index is 12.9. The summed E-state index contributed by atoms with van der Waals surface area (Å²) in [6.45, 7) is 2.00. The number of nitrogens with two attached hydrogens (primary N) is 1. The third-order valence-electron chi connectivity index (χ3n) is 13.5. The van der Waals surface area contributed by atoms with Gasteiger partial charge in [0.1, 0.15) is 11.6 Å². The normalized spacial score (nSPS) is 27.3. The van der Waals surface area contributed by atoms with Crippen LogP contribution in [0.25, 0.3) is 0 Å². The molecule has 3 aromatic carbocycles. The Bertz CT molecular complexity index is 2490. The molecule has 0 aromatic heterocycles. The van der Waals surface area contributed by atoms with E-state index in [9.17, 15) is 39.6 Å². The average molecular weight is 1370 g/mol.